The fourth-order valence-electron chi connectivity index (χ4n) is 4.16. The van der Waals surface area contributed by atoms with Gasteiger partial charge in [-0.1, -0.05) is 17.4 Å². The van der Waals surface area contributed by atoms with Gasteiger partial charge in [0.15, 0.2) is 22.4 Å². The van der Waals surface area contributed by atoms with Gasteiger partial charge in [-0.3, -0.25) is 19.3 Å². The van der Waals surface area contributed by atoms with Crippen molar-refractivity contribution in [3.05, 3.63) is 75.6 Å². The molecule has 0 spiro atoms. The lowest BCUT2D eigenvalue weighted by atomic mass is 9.95. The Morgan fingerprint density at radius 1 is 1.08 bits per heavy atom. The lowest BCUT2D eigenvalue weighted by Gasteiger charge is -2.24. The average molecular weight is 525 g/mol. The summed E-state index contributed by atoms with van der Waals surface area (Å²) in [7, 11) is 0. The zero-order valence-corrected chi connectivity index (χ0v) is 21.5. The molecule has 1 fully saturated rings. The van der Waals surface area contributed by atoms with Crippen molar-refractivity contribution in [1.82, 2.24) is 4.98 Å². The Kier molecular flexibility index (Phi) is 7.40. The number of ether oxygens (including phenoxy) is 2. The van der Waals surface area contributed by atoms with Crippen LogP contribution in [0.5, 0.6) is 11.5 Å². The minimum atomic E-state index is -1.09. The first-order valence-corrected chi connectivity index (χ1v) is 12.4. The third-order valence-corrected chi connectivity index (χ3v) is 7.01. The molecule has 8 nitrogen and oxygen atoms in total. The number of Topliss-reactive ketones (excluding diaryl/α,β-unsaturated/α-hetero) is 2. The van der Waals surface area contributed by atoms with E-state index in [1.165, 1.54) is 24.0 Å². The van der Waals surface area contributed by atoms with E-state index in [-0.39, 0.29) is 22.1 Å². The van der Waals surface area contributed by atoms with Crippen LogP contribution in [0.4, 0.5) is 9.52 Å². The van der Waals surface area contributed by atoms with E-state index >= 15 is 0 Å². The first-order valence-electron chi connectivity index (χ1n) is 11.6. The van der Waals surface area contributed by atoms with Gasteiger partial charge in [0.2, 0.25) is 0 Å². The molecule has 10 heteroatoms. The Bertz CT molecular complexity index is 1410. The second kappa shape index (κ2) is 10.5. The number of benzene rings is 2. The van der Waals surface area contributed by atoms with Crippen LogP contribution in [0.25, 0.3) is 5.76 Å². The molecule has 1 aliphatic heterocycles. The van der Waals surface area contributed by atoms with Crippen molar-refractivity contribution >= 4 is 39.7 Å². The maximum absolute atomic E-state index is 13.5. The van der Waals surface area contributed by atoms with Crippen molar-refractivity contribution < 1.29 is 33.4 Å². The molecule has 192 valence electrons. The molecule has 1 unspecified atom stereocenters. The van der Waals surface area contributed by atoms with Gasteiger partial charge in [-0.05, 0) is 62.7 Å². The van der Waals surface area contributed by atoms with Gasteiger partial charge in [-0.15, -0.1) is 0 Å². The topological polar surface area (TPSA) is 106 Å². The number of rotatable bonds is 8. The van der Waals surface area contributed by atoms with E-state index in [9.17, 15) is 23.9 Å². The van der Waals surface area contributed by atoms with Crippen LogP contribution in [0.3, 0.4) is 0 Å². The van der Waals surface area contributed by atoms with Crippen LogP contribution < -0.4 is 14.4 Å². The molecule has 1 saturated heterocycles. The summed E-state index contributed by atoms with van der Waals surface area (Å²) in [5.74, 6) is -2.17. The number of carbonyl (C=O) groups excluding carboxylic acids is 3. The largest absolute Gasteiger partial charge is 0.507 e. The summed E-state index contributed by atoms with van der Waals surface area (Å²) in [4.78, 5) is 44.7. The molecule has 2 aromatic carbocycles. The summed E-state index contributed by atoms with van der Waals surface area (Å²) in [6.45, 7) is 7.42. The van der Waals surface area contributed by atoms with E-state index < -0.39 is 29.3 Å². The highest BCUT2D eigenvalue weighted by atomic mass is 32.1. The lowest BCUT2D eigenvalue weighted by molar-refractivity contribution is -0.132. The van der Waals surface area contributed by atoms with Crippen LogP contribution in [0, 0.1) is 12.7 Å². The molecule has 0 bridgehead atoms. The van der Waals surface area contributed by atoms with Gasteiger partial charge in [0.05, 0.1) is 35.4 Å². The molecule has 1 N–H and O–H groups in total. The number of amides is 1. The molecule has 1 amide bonds. The van der Waals surface area contributed by atoms with Gasteiger partial charge in [-0.2, -0.15) is 0 Å². The van der Waals surface area contributed by atoms with Crippen LogP contribution >= 0.6 is 11.3 Å². The van der Waals surface area contributed by atoms with E-state index in [0.29, 0.717) is 40.8 Å². The van der Waals surface area contributed by atoms with Gasteiger partial charge in [-0.25, -0.2) is 9.37 Å². The number of hydrogen-bond donors (Lipinski definition) is 1. The Labute approximate surface area is 217 Å². The van der Waals surface area contributed by atoms with Crippen molar-refractivity contribution in [3.8, 4) is 11.5 Å². The van der Waals surface area contributed by atoms with Crippen LogP contribution in [0.1, 0.15) is 53.3 Å². The van der Waals surface area contributed by atoms with Crippen LogP contribution in [-0.2, 0) is 9.59 Å². The molecule has 1 aromatic heterocycles. The Balaban J connectivity index is 1.96. The Morgan fingerprint density at radius 2 is 1.73 bits per heavy atom. The van der Waals surface area contributed by atoms with Gasteiger partial charge < -0.3 is 14.6 Å². The van der Waals surface area contributed by atoms with Crippen molar-refractivity contribution in [3.63, 3.8) is 0 Å². The maximum Gasteiger partial charge on any atom is 0.301 e. The number of aliphatic hydroxyl groups is 1. The molecular weight excluding hydrogens is 499 g/mol. The quantitative estimate of drug-likeness (QED) is 0.186. The monoisotopic (exact) mass is 524 g/mol. The van der Waals surface area contributed by atoms with Crippen LogP contribution in [0.2, 0.25) is 0 Å². The number of carbonyl (C=O) groups is 3. The van der Waals surface area contributed by atoms with E-state index in [1.807, 2.05) is 13.8 Å². The van der Waals surface area contributed by atoms with Crippen molar-refractivity contribution in [2.75, 3.05) is 18.1 Å². The molecule has 3 aromatic rings. The number of nitrogens with zero attached hydrogens (tertiary/aromatic N) is 2. The second-order valence-electron chi connectivity index (χ2n) is 8.22. The van der Waals surface area contributed by atoms with Gasteiger partial charge in [0.25, 0.3) is 5.78 Å². The highest BCUT2D eigenvalue weighted by molar-refractivity contribution is 7.18. The van der Waals surface area contributed by atoms with E-state index in [2.05, 4.69) is 4.98 Å². The highest BCUT2D eigenvalue weighted by Crippen LogP contribution is 2.45. The third kappa shape index (κ3) is 4.84. The van der Waals surface area contributed by atoms with Crippen LogP contribution in [-0.4, -0.2) is 40.8 Å². The summed E-state index contributed by atoms with van der Waals surface area (Å²) in [6, 6.07) is 8.81. The number of anilines is 1. The number of aromatic nitrogens is 1. The normalized spacial score (nSPS) is 16.8. The lowest BCUT2D eigenvalue weighted by Crippen LogP contribution is -2.29. The maximum atomic E-state index is 13.5. The molecular formula is C27H25FN2O6S. The zero-order chi connectivity index (χ0) is 26.9. The number of thiazole rings is 1. The van der Waals surface area contributed by atoms with Crippen molar-refractivity contribution in [2.45, 2.75) is 33.7 Å². The van der Waals surface area contributed by atoms with E-state index in [0.717, 1.165) is 23.5 Å². The average Bonchev–Trinajstić information content (AvgIpc) is 3.37. The molecule has 4 rings (SSSR count). The number of aliphatic hydroxyl groups excluding tert-OH is 1. The molecule has 0 aliphatic carbocycles. The van der Waals surface area contributed by atoms with Gasteiger partial charge in [0.1, 0.15) is 11.6 Å². The van der Waals surface area contributed by atoms with Gasteiger partial charge >= 0.3 is 5.91 Å². The molecule has 1 atom stereocenters. The van der Waals surface area contributed by atoms with Crippen molar-refractivity contribution in [2.24, 2.45) is 0 Å². The standard InChI is InChI=1S/C27H25FN2O6S/c1-5-35-19-12-9-17(13-20(19)36-6-2)22-21(23(32)16-7-10-18(28)11-8-16)24(33)26(34)30(22)27-29-14(3)25(37-27)15(4)31/h7-13,22,32H,5-6H2,1-4H3/b23-21+. The number of ketones is 2. The highest BCUT2D eigenvalue weighted by Gasteiger charge is 2.48. The smallest absolute Gasteiger partial charge is 0.301 e. The van der Waals surface area contributed by atoms with E-state index in [1.54, 1.807) is 25.1 Å². The summed E-state index contributed by atoms with van der Waals surface area (Å²) < 4.78 is 24.9. The summed E-state index contributed by atoms with van der Waals surface area (Å²) in [5, 5.41) is 11.3. The number of hydrogen-bond acceptors (Lipinski definition) is 8. The Morgan fingerprint density at radius 3 is 2.32 bits per heavy atom. The molecule has 0 radical (unpaired) electrons. The van der Waals surface area contributed by atoms with Gasteiger partial charge in [0, 0.05) is 12.5 Å². The van der Waals surface area contributed by atoms with E-state index in [4.69, 9.17) is 9.47 Å². The summed E-state index contributed by atoms with van der Waals surface area (Å²) in [5.41, 5.74) is 0.848. The van der Waals surface area contributed by atoms with Crippen LogP contribution in [0.15, 0.2) is 48.0 Å². The molecule has 0 saturated carbocycles. The molecule has 37 heavy (non-hydrogen) atoms. The second-order valence-corrected chi connectivity index (χ2v) is 9.19. The predicted octanol–water partition coefficient (Wildman–Crippen LogP) is 5.22. The first-order chi connectivity index (χ1) is 17.7. The molecule has 1 aliphatic rings. The zero-order valence-electron chi connectivity index (χ0n) is 20.7. The fraction of sp³-hybridized carbons (Fsp3) is 0.259. The number of aryl methyl sites for hydroxylation is 1. The van der Waals surface area contributed by atoms with Crippen molar-refractivity contribution in [1.29, 1.82) is 0 Å². The summed E-state index contributed by atoms with van der Waals surface area (Å²) >= 11 is 0.989. The molecule has 2 heterocycles. The summed E-state index contributed by atoms with van der Waals surface area (Å²) in [6.07, 6.45) is 0. The number of halogens is 1. The SMILES string of the molecule is CCOc1ccc(C2/C(=C(\O)c3ccc(F)cc3)C(=O)C(=O)N2c2nc(C)c(C(C)=O)s2)cc1OCC. The first kappa shape index (κ1) is 26.0. The minimum absolute atomic E-state index is 0.139. The predicted molar refractivity (Wildman–Crippen MR) is 137 cm³/mol. The fourth-order valence-corrected chi connectivity index (χ4v) is 5.15. The Hall–Kier alpha value is -4.05. The minimum Gasteiger partial charge on any atom is -0.507 e. The third-order valence-electron chi connectivity index (χ3n) is 5.76.